The number of rotatable bonds is 2. The molecule has 0 spiro atoms. The van der Waals surface area contributed by atoms with Crippen molar-refractivity contribution in [1.82, 2.24) is 0 Å². The summed E-state index contributed by atoms with van der Waals surface area (Å²) < 4.78 is 12.4. The van der Waals surface area contributed by atoms with Crippen LogP contribution in [0.2, 0.25) is 0 Å². The van der Waals surface area contributed by atoms with Gasteiger partial charge in [-0.15, -0.1) is 43.0 Å². The summed E-state index contributed by atoms with van der Waals surface area (Å²) in [6.07, 6.45) is 0. The fourth-order valence-electron chi connectivity index (χ4n) is 5.41. The van der Waals surface area contributed by atoms with Crippen molar-refractivity contribution >= 4 is 43.1 Å². The molecule has 0 amide bonds. The van der Waals surface area contributed by atoms with Gasteiger partial charge in [0.25, 0.3) is 0 Å². The smallest absolute Gasteiger partial charge is 1.00 e. The van der Waals surface area contributed by atoms with Crippen LogP contribution in [0.5, 0.6) is 11.5 Å². The first kappa shape index (κ1) is 34.0. The van der Waals surface area contributed by atoms with E-state index in [1.165, 1.54) is 10.8 Å². The van der Waals surface area contributed by atoms with Gasteiger partial charge in [-0.25, -0.2) is 0 Å². The third-order valence-electron chi connectivity index (χ3n) is 8.21. The van der Waals surface area contributed by atoms with Crippen LogP contribution < -0.4 is 26.8 Å². The van der Waals surface area contributed by atoms with Crippen molar-refractivity contribution in [2.45, 2.75) is 34.6 Å². The van der Waals surface area contributed by atoms with Gasteiger partial charge in [-0.1, -0.05) is 77.1 Å². The molecule has 1 saturated carbocycles. The maximum Gasteiger partial charge on any atom is 3.00 e. The van der Waals surface area contributed by atoms with E-state index < -0.39 is 8.38 Å². The van der Waals surface area contributed by atoms with Crippen molar-refractivity contribution in [3.05, 3.63) is 78.9 Å². The van der Waals surface area contributed by atoms with Gasteiger partial charge in [-0.05, 0) is 67.1 Å². The van der Waals surface area contributed by atoms with Gasteiger partial charge in [0.05, 0.1) is 11.1 Å². The Hall–Kier alpha value is -1.20. The largest absolute Gasteiger partial charge is 3.00 e. The summed E-state index contributed by atoms with van der Waals surface area (Å²) in [5.74, 6) is 6.41. The second-order valence-corrected chi connectivity index (χ2v) is 15.1. The molecule has 2 nitrogen and oxygen atoms in total. The van der Waals surface area contributed by atoms with Crippen LogP contribution in [0.4, 0.5) is 0 Å². The average molecular weight is 759 g/mol. The van der Waals surface area contributed by atoms with Crippen LogP contribution in [0.3, 0.4) is 0 Å². The Morgan fingerprint density at radius 3 is 1.79 bits per heavy atom. The van der Waals surface area contributed by atoms with E-state index in [1.807, 2.05) is 36.4 Å². The van der Waals surface area contributed by atoms with E-state index in [1.54, 1.807) is 0 Å². The average Bonchev–Trinajstić information content (AvgIpc) is 3.32. The predicted molar refractivity (Wildman–Crippen MR) is 165 cm³/mol. The zero-order chi connectivity index (χ0) is 26.7. The molecule has 1 aliphatic heterocycles. The fraction of sp³-hybridized carbons (Fsp3) is 0.394. The summed E-state index contributed by atoms with van der Waals surface area (Å²) in [5.41, 5.74) is 0. The van der Waals surface area contributed by atoms with E-state index in [-0.39, 0.29) is 32.5 Å². The van der Waals surface area contributed by atoms with Gasteiger partial charge in [0.15, 0.2) is 0 Å². The number of fused-ring (bicyclic) bond motifs is 1. The van der Waals surface area contributed by atoms with Crippen molar-refractivity contribution in [1.29, 1.82) is 0 Å². The molecule has 210 valence electrons. The summed E-state index contributed by atoms with van der Waals surface area (Å²) >= 11 is 0. The topological polar surface area (TPSA) is 18.5 Å². The minimum Gasteiger partial charge on any atom is -1.00 e. The van der Waals surface area contributed by atoms with Crippen molar-refractivity contribution in [2.24, 2.45) is 29.6 Å². The molecule has 4 aromatic rings. The van der Waals surface area contributed by atoms with Crippen molar-refractivity contribution in [3.63, 3.8) is 0 Å². The second-order valence-electron chi connectivity index (χ2n) is 11.1. The van der Waals surface area contributed by atoms with Crippen LogP contribution in [0.1, 0.15) is 34.6 Å². The quantitative estimate of drug-likeness (QED) is 0.167. The Kier molecular flexibility index (Phi) is 13.2. The van der Waals surface area contributed by atoms with E-state index in [4.69, 9.17) is 9.05 Å². The van der Waals surface area contributed by atoms with Crippen LogP contribution in [-0.2, 0) is 20.1 Å². The van der Waals surface area contributed by atoms with E-state index in [9.17, 15) is 0 Å². The Morgan fingerprint density at radius 1 is 0.718 bits per heavy atom. The minimum atomic E-state index is -1.16. The molecule has 0 saturated heterocycles. The molecule has 1 atom stereocenters. The standard InChI is InChI=1S/C20H12O2P.C10H20.C3H9P.ClH.Ir/c1-2-10-16-14(6-1)7-3-11-17(16)21-23-19-13-5-9-15-8-4-12-18(22-23)20(15)19;1-6-7(2)9(4)10(5)8(6)3;1-4(2)3;;/h1-9,11-13H;6-10H,1-5H3;1-3H3;1H;/q-1;;;;+3/p-1. The molecule has 0 radical (unpaired) electrons. The molecule has 0 N–H and O–H groups in total. The van der Waals surface area contributed by atoms with E-state index in [0.29, 0.717) is 7.92 Å². The zero-order valence-electron chi connectivity index (χ0n) is 24.2. The maximum atomic E-state index is 6.27. The Balaban J connectivity index is 0.000000282. The molecular formula is C33H41ClIrO2P2+. The van der Waals surface area contributed by atoms with Crippen molar-refractivity contribution < 1.29 is 41.6 Å². The molecule has 1 unspecified atom stereocenters. The summed E-state index contributed by atoms with van der Waals surface area (Å²) in [4.78, 5) is 0. The van der Waals surface area contributed by atoms with Gasteiger partial charge in [-0.3, -0.25) is 0 Å². The zero-order valence-corrected chi connectivity index (χ0v) is 29.2. The van der Waals surface area contributed by atoms with Crippen LogP contribution in [0.25, 0.3) is 21.5 Å². The second kappa shape index (κ2) is 15.1. The van der Waals surface area contributed by atoms with Gasteiger partial charge >= 0.3 is 28.5 Å². The first-order valence-electron chi connectivity index (χ1n) is 13.4. The Bertz CT molecular complexity index is 1290. The van der Waals surface area contributed by atoms with Crippen molar-refractivity contribution in [2.75, 3.05) is 20.0 Å². The summed E-state index contributed by atoms with van der Waals surface area (Å²) in [6.45, 7) is 18.7. The van der Waals surface area contributed by atoms with Gasteiger partial charge in [0.2, 0.25) is 0 Å². The maximum absolute atomic E-state index is 6.27. The molecule has 0 bridgehead atoms. The number of benzene rings is 4. The van der Waals surface area contributed by atoms with Gasteiger partial charge in [-0.2, -0.15) is 0 Å². The van der Waals surface area contributed by atoms with Crippen LogP contribution in [-0.4, -0.2) is 20.0 Å². The van der Waals surface area contributed by atoms with E-state index in [2.05, 4.69) is 97.1 Å². The molecule has 39 heavy (non-hydrogen) atoms. The van der Waals surface area contributed by atoms with Gasteiger partial charge < -0.3 is 21.5 Å². The first-order chi connectivity index (χ1) is 17.7. The monoisotopic (exact) mass is 759 g/mol. The minimum absolute atomic E-state index is 0. The molecule has 1 aliphatic carbocycles. The third kappa shape index (κ3) is 7.76. The normalized spacial score (nSPS) is 24.4. The molecule has 6 rings (SSSR count). The first-order valence-corrected chi connectivity index (χ1v) is 17.2. The molecule has 4 aromatic carbocycles. The summed E-state index contributed by atoms with van der Waals surface area (Å²) in [7, 11) is -0.780. The molecule has 0 aromatic heterocycles. The predicted octanol–water partition coefficient (Wildman–Crippen LogP) is 6.74. The van der Waals surface area contributed by atoms with Gasteiger partial charge in [0, 0.05) is 5.39 Å². The Morgan fingerprint density at radius 2 is 1.21 bits per heavy atom. The molecular weight excluding hydrogens is 718 g/mol. The van der Waals surface area contributed by atoms with Gasteiger partial charge in [0.1, 0.15) is 5.75 Å². The third-order valence-corrected chi connectivity index (χ3v) is 9.70. The molecule has 6 heteroatoms. The molecule has 1 heterocycles. The SMILES string of the molecule is CC1C(C)C(C)C(C)C1C.CP(C)C.[Cl-].[Ir+3].[c-]1cccc2cccc(OP3Oc4cccc5cccc3c45)c12. The van der Waals surface area contributed by atoms with E-state index in [0.717, 1.165) is 57.2 Å². The number of hydrogen-bond acceptors (Lipinski definition) is 2. The van der Waals surface area contributed by atoms with E-state index >= 15 is 0 Å². The number of hydrogen-bond donors (Lipinski definition) is 0. The van der Waals surface area contributed by atoms with Crippen LogP contribution in [0.15, 0.2) is 72.8 Å². The summed E-state index contributed by atoms with van der Waals surface area (Å²) in [5, 5.41) is 5.61. The summed E-state index contributed by atoms with van der Waals surface area (Å²) in [6, 6.07) is 27.7. The molecule has 2 aliphatic rings. The number of halogens is 1. The Labute approximate surface area is 258 Å². The van der Waals surface area contributed by atoms with Crippen molar-refractivity contribution in [3.8, 4) is 11.5 Å². The van der Waals surface area contributed by atoms with Crippen LogP contribution in [0, 0.1) is 35.7 Å². The van der Waals surface area contributed by atoms with Crippen LogP contribution >= 0.6 is 16.3 Å². The molecule has 1 fully saturated rings. The fourth-order valence-corrected chi connectivity index (χ4v) is 6.93.